The van der Waals surface area contributed by atoms with E-state index in [1.54, 1.807) is 18.2 Å². The summed E-state index contributed by atoms with van der Waals surface area (Å²) in [5.74, 6) is -1.61. The number of sulfonamides is 1. The molecule has 0 amide bonds. The molecule has 0 heterocycles. The standard InChI is InChI=1S/C14H12N2O6S/c17-14(18)13(10-4-2-1-3-5-10)15-23(21,22)12-8-6-11(7-9-12)16(19)20/h1-9,13,15H,(H,17,18)/p-1/t13-/m0/s1. The smallest absolute Gasteiger partial charge is 0.269 e. The van der Waals surface area contributed by atoms with E-state index < -0.39 is 27.0 Å². The molecule has 8 nitrogen and oxygen atoms in total. The summed E-state index contributed by atoms with van der Waals surface area (Å²) < 4.78 is 26.5. The fourth-order valence-electron chi connectivity index (χ4n) is 1.87. The highest BCUT2D eigenvalue weighted by Gasteiger charge is 2.22. The van der Waals surface area contributed by atoms with Gasteiger partial charge in [-0.1, -0.05) is 30.3 Å². The van der Waals surface area contributed by atoms with Crippen molar-refractivity contribution in [3.8, 4) is 0 Å². The van der Waals surface area contributed by atoms with Crippen molar-refractivity contribution in [1.82, 2.24) is 4.72 Å². The van der Waals surface area contributed by atoms with Gasteiger partial charge in [-0.3, -0.25) is 10.1 Å². The molecule has 0 saturated heterocycles. The summed E-state index contributed by atoms with van der Waals surface area (Å²) in [6.45, 7) is 0. The molecule has 0 fully saturated rings. The van der Waals surface area contributed by atoms with Crippen molar-refractivity contribution in [2.75, 3.05) is 0 Å². The summed E-state index contributed by atoms with van der Waals surface area (Å²) >= 11 is 0. The van der Waals surface area contributed by atoms with E-state index in [4.69, 9.17) is 0 Å². The van der Waals surface area contributed by atoms with Crippen LogP contribution in [0.5, 0.6) is 0 Å². The number of rotatable bonds is 6. The van der Waals surface area contributed by atoms with E-state index in [2.05, 4.69) is 0 Å². The highest BCUT2D eigenvalue weighted by atomic mass is 32.2. The monoisotopic (exact) mass is 335 g/mol. The number of nitrogens with one attached hydrogen (secondary N) is 1. The van der Waals surface area contributed by atoms with Crippen molar-refractivity contribution in [3.63, 3.8) is 0 Å². The lowest BCUT2D eigenvalue weighted by Gasteiger charge is -2.20. The number of carbonyl (C=O) groups is 1. The summed E-state index contributed by atoms with van der Waals surface area (Å²) in [7, 11) is -4.19. The van der Waals surface area contributed by atoms with Gasteiger partial charge in [-0.25, -0.2) is 8.42 Å². The molecule has 0 aliphatic rings. The fourth-order valence-corrected chi connectivity index (χ4v) is 3.04. The Kier molecular flexibility index (Phi) is 4.72. The zero-order chi connectivity index (χ0) is 17.0. The van der Waals surface area contributed by atoms with Crippen molar-refractivity contribution < 1.29 is 23.2 Å². The first-order valence-corrected chi connectivity index (χ1v) is 7.82. The van der Waals surface area contributed by atoms with Gasteiger partial charge in [0.05, 0.1) is 21.8 Å². The Hall–Kier alpha value is -2.78. The van der Waals surface area contributed by atoms with Gasteiger partial charge < -0.3 is 9.90 Å². The zero-order valence-electron chi connectivity index (χ0n) is 11.6. The minimum Gasteiger partial charge on any atom is -0.548 e. The molecule has 0 aliphatic heterocycles. The Bertz CT molecular complexity index is 818. The van der Waals surface area contributed by atoms with Gasteiger partial charge >= 0.3 is 0 Å². The predicted octanol–water partition coefficient (Wildman–Crippen LogP) is 0.364. The van der Waals surface area contributed by atoms with E-state index in [1.165, 1.54) is 12.1 Å². The molecular formula is C14H11N2O6S-. The van der Waals surface area contributed by atoms with E-state index in [9.17, 15) is 28.4 Å². The van der Waals surface area contributed by atoms with Crippen LogP contribution < -0.4 is 9.83 Å². The van der Waals surface area contributed by atoms with Crippen LogP contribution in [0.3, 0.4) is 0 Å². The Morgan fingerprint density at radius 3 is 2.09 bits per heavy atom. The molecule has 1 N–H and O–H groups in total. The molecule has 9 heteroatoms. The predicted molar refractivity (Wildman–Crippen MR) is 77.6 cm³/mol. The van der Waals surface area contributed by atoms with Crippen LogP contribution in [0.1, 0.15) is 11.6 Å². The molecule has 0 saturated carbocycles. The lowest BCUT2D eigenvalue weighted by Crippen LogP contribution is -2.41. The topological polar surface area (TPSA) is 129 Å². The maximum atomic E-state index is 12.2. The van der Waals surface area contributed by atoms with Gasteiger partial charge in [0.15, 0.2) is 0 Å². The van der Waals surface area contributed by atoms with E-state index in [0.717, 1.165) is 24.3 Å². The van der Waals surface area contributed by atoms with Crippen molar-refractivity contribution in [1.29, 1.82) is 0 Å². The number of benzene rings is 2. The second kappa shape index (κ2) is 6.55. The van der Waals surface area contributed by atoms with E-state index in [-0.39, 0.29) is 16.1 Å². The van der Waals surface area contributed by atoms with Crippen LogP contribution in [0.4, 0.5) is 5.69 Å². The molecule has 0 spiro atoms. The highest BCUT2D eigenvalue weighted by Crippen LogP contribution is 2.19. The molecular weight excluding hydrogens is 324 g/mol. The van der Waals surface area contributed by atoms with Crippen molar-refractivity contribution in [2.45, 2.75) is 10.9 Å². The van der Waals surface area contributed by atoms with Gasteiger partial charge in [-0.05, 0) is 17.7 Å². The number of nitro benzene ring substituents is 1. The summed E-state index contributed by atoms with van der Waals surface area (Å²) in [6.07, 6.45) is 0. The second-order valence-corrected chi connectivity index (χ2v) is 6.25. The molecule has 0 radical (unpaired) electrons. The van der Waals surface area contributed by atoms with Gasteiger partial charge in [-0.15, -0.1) is 0 Å². The Balaban J connectivity index is 2.31. The number of nitrogens with zero attached hydrogens (tertiary/aromatic N) is 1. The van der Waals surface area contributed by atoms with Gasteiger partial charge in [0.25, 0.3) is 5.69 Å². The van der Waals surface area contributed by atoms with Crippen LogP contribution in [0.25, 0.3) is 0 Å². The first-order valence-electron chi connectivity index (χ1n) is 6.34. The minimum absolute atomic E-state index is 0.206. The number of non-ortho nitro benzene ring substituents is 1. The van der Waals surface area contributed by atoms with Gasteiger partial charge in [0.1, 0.15) is 0 Å². The van der Waals surface area contributed by atoms with Crippen molar-refractivity contribution >= 4 is 21.7 Å². The average molecular weight is 335 g/mol. The number of aliphatic carboxylic acids is 1. The number of carboxylic acid groups (broad SMARTS) is 1. The third-order valence-electron chi connectivity index (χ3n) is 3.00. The quantitative estimate of drug-likeness (QED) is 0.599. The first kappa shape index (κ1) is 16.6. The maximum Gasteiger partial charge on any atom is 0.269 e. The number of hydrogen-bond donors (Lipinski definition) is 1. The third kappa shape index (κ3) is 3.90. The molecule has 0 aromatic heterocycles. The van der Waals surface area contributed by atoms with Crippen LogP contribution in [0, 0.1) is 10.1 Å². The van der Waals surface area contributed by atoms with Crippen LogP contribution in [-0.2, 0) is 14.8 Å². The van der Waals surface area contributed by atoms with Crippen LogP contribution in [0.2, 0.25) is 0 Å². The number of hydrogen-bond acceptors (Lipinski definition) is 6. The van der Waals surface area contributed by atoms with Gasteiger partial charge in [0.2, 0.25) is 10.0 Å². The summed E-state index contributed by atoms with van der Waals surface area (Å²) in [4.78, 5) is 20.8. The molecule has 2 aromatic carbocycles. The van der Waals surface area contributed by atoms with Crippen molar-refractivity contribution in [2.24, 2.45) is 0 Å². The minimum atomic E-state index is -4.19. The molecule has 2 aromatic rings. The largest absolute Gasteiger partial charge is 0.548 e. The molecule has 0 bridgehead atoms. The first-order chi connectivity index (χ1) is 10.8. The lowest BCUT2D eigenvalue weighted by molar-refractivity contribution is -0.384. The van der Waals surface area contributed by atoms with Crippen molar-refractivity contribution in [3.05, 3.63) is 70.3 Å². The Morgan fingerprint density at radius 1 is 1.04 bits per heavy atom. The molecule has 1 atom stereocenters. The average Bonchev–Trinajstić information content (AvgIpc) is 2.53. The zero-order valence-corrected chi connectivity index (χ0v) is 12.4. The van der Waals surface area contributed by atoms with Crippen LogP contribution in [0.15, 0.2) is 59.5 Å². The number of carbonyl (C=O) groups excluding carboxylic acids is 1. The summed E-state index contributed by atoms with van der Waals surface area (Å²) in [5, 5.41) is 21.8. The van der Waals surface area contributed by atoms with Crippen LogP contribution >= 0.6 is 0 Å². The normalized spacial score (nSPS) is 12.5. The molecule has 0 aliphatic carbocycles. The lowest BCUT2D eigenvalue weighted by atomic mass is 10.1. The van der Waals surface area contributed by atoms with Crippen LogP contribution in [-0.4, -0.2) is 19.3 Å². The van der Waals surface area contributed by atoms with Gasteiger partial charge in [-0.2, -0.15) is 4.72 Å². The molecule has 0 unspecified atom stereocenters. The Labute approximate surface area is 131 Å². The molecule has 120 valence electrons. The third-order valence-corrected chi connectivity index (χ3v) is 4.44. The summed E-state index contributed by atoms with van der Waals surface area (Å²) in [5.41, 5.74) is -0.0681. The summed E-state index contributed by atoms with van der Waals surface area (Å²) in [6, 6.07) is 10.2. The highest BCUT2D eigenvalue weighted by molar-refractivity contribution is 7.89. The van der Waals surface area contributed by atoms with Gasteiger partial charge in [0, 0.05) is 12.1 Å². The number of nitro groups is 1. The molecule has 2 rings (SSSR count). The second-order valence-electron chi connectivity index (χ2n) is 4.54. The maximum absolute atomic E-state index is 12.2. The number of carboxylic acids is 1. The van der Waals surface area contributed by atoms with E-state index in [1.807, 2.05) is 4.72 Å². The SMILES string of the molecule is O=C([O-])[C@@H](NS(=O)(=O)c1ccc([N+](=O)[O-])cc1)c1ccccc1. The fraction of sp³-hybridized carbons (Fsp3) is 0.0714. The Morgan fingerprint density at radius 2 is 1.61 bits per heavy atom. The van der Waals surface area contributed by atoms with E-state index in [0.29, 0.717) is 0 Å². The van der Waals surface area contributed by atoms with E-state index >= 15 is 0 Å². The molecule has 23 heavy (non-hydrogen) atoms.